The second-order valence-electron chi connectivity index (χ2n) is 5.56. The van der Waals surface area contributed by atoms with Gasteiger partial charge in [-0.2, -0.15) is 0 Å². The Morgan fingerprint density at radius 2 is 1.81 bits per heavy atom. The van der Waals surface area contributed by atoms with Crippen molar-refractivity contribution < 1.29 is 4.79 Å². The molecule has 4 aromatic rings. The number of nitrogens with one attached hydrogen (secondary N) is 1. The van der Waals surface area contributed by atoms with Crippen molar-refractivity contribution in [3.05, 3.63) is 72.8 Å². The van der Waals surface area contributed by atoms with Gasteiger partial charge in [0, 0.05) is 11.4 Å². The van der Waals surface area contributed by atoms with Gasteiger partial charge in [0.1, 0.15) is 12.0 Å². The molecule has 27 heavy (non-hydrogen) atoms. The first-order valence-electron chi connectivity index (χ1n) is 8.08. The van der Waals surface area contributed by atoms with Crippen molar-refractivity contribution in [2.45, 2.75) is 5.16 Å². The van der Waals surface area contributed by atoms with Crippen LogP contribution in [-0.4, -0.2) is 41.9 Å². The number of nitrogens with zero attached hydrogens (tertiary/aromatic N) is 6. The van der Waals surface area contributed by atoms with Gasteiger partial charge in [0.25, 0.3) is 5.91 Å². The minimum absolute atomic E-state index is 0.234. The van der Waals surface area contributed by atoms with Crippen molar-refractivity contribution in [1.82, 2.24) is 29.8 Å². The van der Waals surface area contributed by atoms with Crippen molar-refractivity contribution in [2.24, 2.45) is 0 Å². The SMILES string of the molecule is CSc1ncc(C(=O)Nc2ccc(-n3cnnn3)cc2)n1-c1ccccc1. The molecule has 134 valence electrons. The molecule has 2 aromatic carbocycles. The van der Waals surface area contributed by atoms with Crippen LogP contribution in [0.5, 0.6) is 0 Å². The van der Waals surface area contributed by atoms with Gasteiger partial charge in [0.05, 0.1) is 11.9 Å². The molecule has 1 amide bonds. The Balaban J connectivity index is 1.60. The van der Waals surface area contributed by atoms with E-state index in [9.17, 15) is 4.79 Å². The van der Waals surface area contributed by atoms with Crippen molar-refractivity contribution in [1.29, 1.82) is 0 Å². The highest BCUT2D eigenvalue weighted by atomic mass is 32.2. The lowest BCUT2D eigenvalue weighted by Crippen LogP contribution is -2.16. The summed E-state index contributed by atoms with van der Waals surface area (Å²) in [6.45, 7) is 0. The number of carbonyl (C=O) groups excluding carboxylic acids is 1. The molecule has 2 heterocycles. The third kappa shape index (κ3) is 3.44. The van der Waals surface area contributed by atoms with Gasteiger partial charge in [-0.1, -0.05) is 30.0 Å². The topological polar surface area (TPSA) is 90.5 Å². The molecule has 9 heteroatoms. The average molecular weight is 377 g/mol. The van der Waals surface area contributed by atoms with Gasteiger partial charge in [0.15, 0.2) is 5.16 Å². The monoisotopic (exact) mass is 377 g/mol. The van der Waals surface area contributed by atoms with Gasteiger partial charge < -0.3 is 5.32 Å². The second kappa shape index (κ2) is 7.42. The largest absolute Gasteiger partial charge is 0.321 e. The van der Waals surface area contributed by atoms with Crippen LogP contribution in [-0.2, 0) is 0 Å². The summed E-state index contributed by atoms with van der Waals surface area (Å²) in [5.74, 6) is -0.234. The van der Waals surface area contributed by atoms with Crippen LogP contribution >= 0.6 is 11.8 Å². The molecule has 0 aliphatic heterocycles. The molecule has 0 aliphatic carbocycles. The highest BCUT2D eigenvalue weighted by Crippen LogP contribution is 2.22. The van der Waals surface area contributed by atoms with Crippen LogP contribution in [0.4, 0.5) is 5.69 Å². The number of benzene rings is 2. The summed E-state index contributed by atoms with van der Waals surface area (Å²) in [7, 11) is 0. The Morgan fingerprint density at radius 1 is 1.04 bits per heavy atom. The molecule has 0 unspecified atom stereocenters. The van der Waals surface area contributed by atoms with Crippen molar-refractivity contribution in [3.8, 4) is 11.4 Å². The third-order valence-electron chi connectivity index (χ3n) is 3.90. The first-order chi connectivity index (χ1) is 13.3. The molecule has 4 rings (SSSR count). The molecule has 2 aromatic heterocycles. The molecular weight excluding hydrogens is 362 g/mol. The van der Waals surface area contributed by atoms with E-state index in [1.165, 1.54) is 18.1 Å². The summed E-state index contributed by atoms with van der Waals surface area (Å²) >= 11 is 1.49. The first-order valence-corrected chi connectivity index (χ1v) is 9.30. The second-order valence-corrected chi connectivity index (χ2v) is 6.33. The zero-order chi connectivity index (χ0) is 18.6. The van der Waals surface area contributed by atoms with E-state index in [0.717, 1.165) is 16.5 Å². The fourth-order valence-corrected chi connectivity index (χ4v) is 3.18. The summed E-state index contributed by atoms with van der Waals surface area (Å²) in [6, 6.07) is 16.9. The highest BCUT2D eigenvalue weighted by Gasteiger charge is 2.17. The number of rotatable bonds is 5. The number of aromatic nitrogens is 6. The van der Waals surface area contributed by atoms with Gasteiger partial charge in [-0.05, 0) is 53.1 Å². The molecule has 0 spiro atoms. The van der Waals surface area contributed by atoms with E-state index in [4.69, 9.17) is 0 Å². The molecule has 0 atom stereocenters. The molecule has 1 N–H and O–H groups in total. The van der Waals surface area contributed by atoms with Crippen LogP contribution in [0.1, 0.15) is 10.5 Å². The molecule has 0 radical (unpaired) electrons. The van der Waals surface area contributed by atoms with E-state index in [1.807, 2.05) is 53.3 Å². The third-order valence-corrected chi connectivity index (χ3v) is 4.55. The number of tetrazole rings is 1. The molecule has 0 saturated heterocycles. The van der Waals surface area contributed by atoms with Gasteiger partial charge >= 0.3 is 0 Å². The van der Waals surface area contributed by atoms with Crippen molar-refractivity contribution in [2.75, 3.05) is 11.6 Å². The van der Waals surface area contributed by atoms with E-state index < -0.39 is 0 Å². The molecule has 0 aliphatic rings. The lowest BCUT2D eigenvalue weighted by atomic mass is 10.2. The minimum atomic E-state index is -0.234. The Kier molecular flexibility index (Phi) is 4.67. The van der Waals surface area contributed by atoms with Crippen LogP contribution in [0, 0.1) is 0 Å². The Bertz CT molecular complexity index is 1040. The summed E-state index contributed by atoms with van der Waals surface area (Å²) in [5.41, 5.74) is 2.83. The summed E-state index contributed by atoms with van der Waals surface area (Å²) in [6.07, 6.45) is 5.03. The van der Waals surface area contributed by atoms with E-state index >= 15 is 0 Å². The average Bonchev–Trinajstić information content (AvgIpc) is 3.39. The lowest BCUT2D eigenvalue weighted by Gasteiger charge is -2.11. The van der Waals surface area contributed by atoms with Gasteiger partial charge in [-0.3, -0.25) is 9.36 Å². The maximum atomic E-state index is 12.8. The fraction of sp³-hybridized carbons (Fsp3) is 0.0556. The number of thioether (sulfide) groups is 1. The first kappa shape index (κ1) is 17.0. The van der Waals surface area contributed by atoms with Gasteiger partial charge in [0.2, 0.25) is 0 Å². The molecular formula is C18H15N7OS. The van der Waals surface area contributed by atoms with Crippen molar-refractivity contribution in [3.63, 3.8) is 0 Å². The quantitative estimate of drug-likeness (QED) is 0.538. The molecule has 0 fully saturated rings. The number of hydrogen-bond acceptors (Lipinski definition) is 6. The van der Waals surface area contributed by atoms with Crippen LogP contribution in [0.2, 0.25) is 0 Å². The standard InChI is InChI=1S/C18H15N7OS/c1-27-18-19-11-16(25(18)15-5-3-2-4-6-15)17(26)21-13-7-9-14(10-8-13)24-12-20-22-23-24/h2-12H,1H3,(H,21,26). The Hall–Kier alpha value is -3.46. The number of amides is 1. The lowest BCUT2D eigenvalue weighted by molar-refractivity contribution is 0.102. The van der Waals surface area contributed by atoms with E-state index in [1.54, 1.807) is 23.0 Å². The fourth-order valence-electron chi connectivity index (χ4n) is 2.64. The normalized spacial score (nSPS) is 10.7. The predicted octanol–water partition coefficient (Wildman–Crippen LogP) is 2.82. The van der Waals surface area contributed by atoms with Crippen LogP contribution in [0.3, 0.4) is 0 Å². The minimum Gasteiger partial charge on any atom is -0.321 e. The molecule has 0 bridgehead atoms. The molecule has 0 saturated carbocycles. The maximum Gasteiger partial charge on any atom is 0.274 e. The van der Waals surface area contributed by atoms with Crippen LogP contribution < -0.4 is 5.32 Å². The molecule has 8 nitrogen and oxygen atoms in total. The number of para-hydroxylation sites is 1. The highest BCUT2D eigenvalue weighted by molar-refractivity contribution is 7.98. The number of carbonyl (C=O) groups is 1. The summed E-state index contributed by atoms with van der Waals surface area (Å²) in [5, 5.41) is 14.7. The maximum absolute atomic E-state index is 12.8. The van der Waals surface area contributed by atoms with Crippen molar-refractivity contribution >= 4 is 23.4 Å². The van der Waals surface area contributed by atoms with E-state index in [2.05, 4.69) is 25.8 Å². The summed E-state index contributed by atoms with van der Waals surface area (Å²) in [4.78, 5) is 17.2. The Labute approximate surface area is 159 Å². The van der Waals surface area contributed by atoms with Gasteiger partial charge in [-0.15, -0.1) is 5.10 Å². The number of imidazole rings is 1. The van der Waals surface area contributed by atoms with E-state index in [-0.39, 0.29) is 5.91 Å². The van der Waals surface area contributed by atoms with Gasteiger partial charge in [-0.25, -0.2) is 9.67 Å². The van der Waals surface area contributed by atoms with Crippen LogP contribution in [0.25, 0.3) is 11.4 Å². The predicted molar refractivity (Wildman–Crippen MR) is 102 cm³/mol. The number of anilines is 1. The zero-order valence-electron chi connectivity index (χ0n) is 14.4. The zero-order valence-corrected chi connectivity index (χ0v) is 15.2. The number of hydrogen-bond donors (Lipinski definition) is 1. The Morgan fingerprint density at radius 3 is 2.48 bits per heavy atom. The smallest absolute Gasteiger partial charge is 0.274 e. The van der Waals surface area contributed by atoms with E-state index in [0.29, 0.717) is 11.4 Å². The summed E-state index contributed by atoms with van der Waals surface area (Å²) < 4.78 is 3.39. The van der Waals surface area contributed by atoms with Crippen LogP contribution in [0.15, 0.2) is 72.3 Å².